The van der Waals surface area contributed by atoms with Crippen molar-refractivity contribution in [3.05, 3.63) is 57.3 Å². The predicted molar refractivity (Wildman–Crippen MR) is 79.5 cm³/mol. The van der Waals surface area contributed by atoms with Gasteiger partial charge in [-0.3, -0.25) is 0 Å². The third-order valence-corrected chi connectivity index (χ3v) is 4.13. The fourth-order valence-electron chi connectivity index (χ4n) is 1.49. The lowest BCUT2D eigenvalue weighted by Gasteiger charge is -2.06. The van der Waals surface area contributed by atoms with Crippen LogP contribution in [-0.2, 0) is 5.75 Å². The van der Waals surface area contributed by atoms with Gasteiger partial charge in [-0.15, -0.1) is 11.8 Å². The van der Waals surface area contributed by atoms with E-state index in [1.54, 1.807) is 12.1 Å². The molecule has 0 fully saturated rings. The van der Waals surface area contributed by atoms with Gasteiger partial charge in [-0.2, -0.15) is 0 Å². The number of hydrogen-bond donors (Lipinski definition) is 1. The number of nitrogens with two attached hydrogens (primary N) is 1. The monoisotopic (exact) mass is 345 g/mol. The summed E-state index contributed by atoms with van der Waals surface area (Å²) in [6, 6.07) is 10.2. The van der Waals surface area contributed by atoms with E-state index in [2.05, 4.69) is 15.9 Å². The molecule has 2 aromatic rings. The lowest BCUT2D eigenvalue weighted by atomic mass is 10.2. The van der Waals surface area contributed by atoms with Crippen molar-refractivity contribution < 1.29 is 4.39 Å². The average molecular weight is 347 g/mol. The van der Waals surface area contributed by atoms with E-state index < -0.39 is 0 Å². The molecule has 0 aliphatic carbocycles. The summed E-state index contributed by atoms with van der Waals surface area (Å²) >= 11 is 10.7. The highest BCUT2D eigenvalue weighted by molar-refractivity contribution is 9.10. The topological polar surface area (TPSA) is 26.0 Å². The van der Waals surface area contributed by atoms with Crippen molar-refractivity contribution in [2.75, 3.05) is 5.73 Å². The molecule has 0 aromatic heterocycles. The Bertz CT molecular complexity index is 557. The zero-order valence-corrected chi connectivity index (χ0v) is 12.4. The summed E-state index contributed by atoms with van der Waals surface area (Å²) in [6.45, 7) is 0. The molecule has 0 atom stereocenters. The van der Waals surface area contributed by atoms with Crippen molar-refractivity contribution in [2.45, 2.75) is 10.6 Å². The molecule has 5 heteroatoms. The Morgan fingerprint density at radius 3 is 2.72 bits per heavy atom. The average Bonchev–Trinajstić information content (AvgIpc) is 2.29. The van der Waals surface area contributed by atoms with Crippen molar-refractivity contribution >= 4 is 45.0 Å². The van der Waals surface area contributed by atoms with Crippen LogP contribution in [0.3, 0.4) is 0 Å². The first-order valence-electron chi connectivity index (χ1n) is 5.17. The molecule has 0 radical (unpaired) electrons. The predicted octanol–water partition coefficient (Wildman–Crippen LogP) is 5.12. The Morgan fingerprint density at radius 2 is 2.00 bits per heavy atom. The molecule has 0 saturated heterocycles. The molecular formula is C13H10BrClFNS. The third kappa shape index (κ3) is 3.64. The van der Waals surface area contributed by atoms with Crippen LogP contribution in [0.1, 0.15) is 5.56 Å². The Morgan fingerprint density at radius 1 is 1.22 bits per heavy atom. The Balaban J connectivity index is 2.13. The van der Waals surface area contributed by atoms with Gasteiger partial charge >= 0.3 is 0 Å². The van der Waals surface area contributed by atoms with Gasteiger partial charge in [0.05, 0.1) is 0 Å². The van der Waals surface area contributed by atoms with E-state index in [0.717, 1.165) is 14.9 Å². The molecule has 0 heterocycles. The van der Waals surface area contributed by atoms with Gasteiger partial charge < -0.3 is 5.73 Å². The quantitative estimate of drug-likeness (QED) is 0.617. The molecule has 2 N–H and O–H groups in total. The molecule has 0 spiro atoms. The van der Waals surface area contributed by atoms with Crippen LogP contribution in [-0.4, -0.2) is 0 Å². The van der Waals surface area contributed by atoms with Gasteiger partial charge in [-0.1, -0.05) is 27.5 Å². The molecule has 0 saturated carbocycles. The first-order valence-corrected chi connectivity index (χ1v) is 7.33. The van der Waals surface area contributed by atoms with Crippen molar-refractivity contribution in [3.8, 4) is 0 Å². The fraction of sp³-hybridized carbons (Fsp3) is 0.0769. The highest BCUT2D eigenvalue weighted by atomic mass is 79.9. The lowest BCUT2D eigenvalue weighted by Crippen LogP contribution is -1.89. The fourth-order valence-corrected chi connectivity index (χ4v) is 3.17. The lowest BCUT2D eigenvalue weighted by molar-refractivity contribution is 0.625. The number of rotatable bonds is 3. The molecule has 0 aliphatic rings. The van der Waals surface area contributed by atoms with Crippen molar-refractivity contribution in [1.29, 1.82) is 0 Å². The van der Waals surface area contributed by atoms with Crippen LogP contribution in [0, 0.1) is 5.82 Å². The van der Waals surface area contributed by atoms with E-state index in [4.69, 9.17) is 17.3 Å². The molecule has 94 valence electrons. The normalized spacial score (nSPS) is 10.6. The molecule has 1 nitrogen and oxygen atoms in total. The molecule has 0 unspecified atom stereocenters. The van der Waals surface area contributed by atoms with Crippen molar-refractivity contribution in [3.63, 3.8) is 0 Å². The van der Waals surface area contributed by atoms with Gasteiger partial charge in [0.15, 0.2) is 0 Å². The number of thioether (sulfide) groups is 1. The summed E-state index contributed by atoms with van der Waals surface area (Å²) in [4.78, 5) is 0.905. The molecule has 18 heavy (non-hydrogen) atoms. The summed E-state index contributed by atoms with van der Waals surface area (Å²) in [5, 5.41) is 0.645. The molecule has 0 amide bonds. The second kappa shape index (κ2) is 5.95. The summed E-state index contributed by atoms with van der Waals surface area (Å²) in [7, 11) is 0. The minimum absolute atomic E-state index is 0.251. The van der Waals surface area contributed by atoms with Crippen LogP contribution < -0.4 is 5.73 Å². The number of nitrogen functional groups attached to an aromatic ring is 1. The van der Waals surface area contributed by atoms with Gasteiger partial charge in [-0.05, 0) is 42.0 Å². The van der Waals surface area contributed by atoms with Gasteiger partial charge in [-0.25, -0.2) is 4.39 Å². The zero-order valence-electron chi connectivity index (χ0n) is 9.29. The Hall–Kier alpha value is -0.710. The van der Waals surface area contributed by atoms with Gasteiger partial charge in [0.25, 0.3) is 0 Å². The SMILES string of the molecule is Nc1ccc(Cl)cc1SCc1cc(F)cc(Br)c1. The van der Waals surface area contributed by atoms with E-state index >= 15 is 0 Å². The highest BCUT2D eigenvalue weighted by Crippen LogP contribution is 2.31. The standard InChI is InChI=1S/C13H10BrClFNS/c14-9-3-8(4-11(16)5-9)7-18-13-6-10(15)1-2-12(13)17/h1-6H,7,17H2. The summed E-state index contributed by atoms with van der Waals surface area (Å²) in [6.07, 6.45) is 0. The molecular weight excluding hydrogens is 337 g/mol. The third-order valence-electron chi connectivity index (χ3n) is 2.29. The van der Waals surface area contributed by atoms with Crippen LogP contribution in [0.2, 0.25) is 5.02 Å². The van der Waals surface area contributed by atoms with Crippen LogP contribution in [0.15, 0.2) is 45.8 Å². The Kier molecular flexibility index (Phi) is 4.54. The van der Waals surface area contributed by atoms with Crippen LogP contribution >= 0.6 is 39.3 Å². The second-order valence-corrected chi connectivity index (χ2v) is 6.12. The number of anilines is 1. The van der Waals surface area contributed by atoms with E-state index in [9.17, 15) is 4.39 Å². The Labute approximate surface area is 123 Å². The van der Waals surface area contributed by atoms with Gasteiger partial charge in [0.2, 0.25) is 0 Å². The summed E-state index contributed by atoms with van der Waals surface area (Å²) in [5.74, 6) is 0.389. The maximum atomic E-state index is 13.2. The minimum atomic E-state index is -0.251. The maximum Gasteiger partial charge on any atom is 0.124 e. The molecule has 2 rings (SSSR count). The minimum Gasteiger partial charge on any atom is -0.398 e. The van der Waals surface area contributed by atoms with Crippen LogP contribution in [0.25, 0.3) is 0 Å². The first-order chi connectivity index (χ1) is 8.54. The van der Waals surface area contributed by atoms with Gasteiger partial charge in [0.1, 0.15) is 5.82 Å². The zero-order chi connectivity index (χ0) is 13.1. The highest BCUT2D eigenvalue weighted by Gasteiger charge is 2.04. The maximum absolute atomic E-state index is 13.2. The number of benzene rings is 2. The number of hydrogen-bond acceptors (Lipinski definition) is 2. The van der Waals surface area contributed by atoms with E-state index in [0.29, 0.717) is 16.5 Å². The van der Waals surface area contributed by atoms with E-state index in [-0.39, 0.29) is 5.82 Å². The summed E-state index contributed by atoms with van der Waals surface area (Å²) < 4.78 is 13.9. The van der Waals surface area contributed by atoms with Crippen molar-refractivity contribution in [2.24, 2.45) is 0 Å². The van der Waals surface area contributed by atoms with E-state index in [1.165, 1.54) is 23.9 Å². The molecule has 0 bridgehead atoms. The largest absolute Gasteiger partial charge is 0.398 e. The molecule has 2 aromatic carbocycles. The van der Waals surface area contributed by atoms with Crippen LogP contribution in [0.4, 0.5) is 10.1 Å². The van der Waals surface area contributed by atoms with Crippen LogP contribution in [0.5, 0.6) is 0 Å². The first kappa shape index (κ1) is 13.7. The van der Waals surface area contributed by atoms with E-state index in [1.807, 2.05) is 12.1 Å². The number of halogens is 3. The smallest absolute Gasteiger partial charge is 0.124 e. The van der Waals surface area contributed by atoms with Crippen molar-refractivity contribution in [1.82, 2.24) is 0 Å². The summed E-state index contributed by atoms with van der Waals surface area (Å²) in [5.41, 5.74) is 7.43. The second-order valence-electron chi connectivity index (χ2n) is 3.75. The van der Waals surface area contributed by atoms with Gasteiger partial charge in [0, 0.05) is 25.8 Å². The molecule has 0 aliphatic heterocycles.